The summed E-state index contributed by atoms with van der Waals surface area (Å²) in [6.07, 6.45) is 9.29. The van der Waals surface area contributed by atoms with E-state index in [0.29, 0.717) is 12.6 Å². The third kappa shape index (κ3) is 5.20. The first kappa shape index (κ1) is 19.6. The van der Waals surface area contributed by atoms with Crippen molar-refractivity contribution in [2.75, 3.05) is 26.7 Å². The van der Waals surface area contributed by atoms with Crippen molar-refractivity contribution in [3.63, 3.8) is 0 Å². The summed E-state index contributed by atoms with van der Waals surface area (Å²) in [5.41, 5.74) is 0. The Balaban J connectivity index is 1.61. The van der Waals surface area contributed by atoms with E-state index >= 15 is 0 Å². The first-order valence-electron chi connectivity index (χ1n) is 10.2. The second kappa shape index (κ2) is 9.71. The van der Waals surface area contributed by atoms with Crippen LogP contribution >= 0.6 is 0 Å². The first-order chi connectivity index (χ1) is 13.2. The molecule has 0 bridgehead atoms. The van der Waals surface area contributed by atoms with E-state index in [9.17, 15) is 4.79 Å². The summed E-state index contributed by atoms with van der Waals surface area (Å²) in [6, 6.07) is 0.517. The Morgan fingerprint density at radius 1 is 1.30 bits per heavy atom. The van der Waals surface area contributed by atoms with Gasteiger partial charge in [0.1, 0.15) is 12.2 Å². The third-order valence-corrected chi connectivity index (χ3v) is 5.63. The number of likely N-dealkylation sites (tertiary alicyclic amines) is 1. The van der Waals surface area contributed by atoms with Crippen molar-refractivity contribution in [1.29, 1.82) is 0 Å². The van der Waals surface area contributed by atoms with Gasteiger partial charge in [0.05, 0.1) is 19.6 Å². The number of esters is 1. The highest BCUT2D eigenvalue weighted by Crippen LogP contribution is 2.21. The quantitative estimate of drug-likeness (QED) is 0.461. The van der Waals surface area contributed by atoms with Crippen LogP contribution in [-0.4, -0.2) is 64.4 Å². The molecular formula is C19H32N6O2. The van der Waals surface area contributed by atoms with E-state index in [2.05, 4.69) is 31.9 Å². The lowest BCUT2D eigenvalue weighted by atomic mass is 9.97. The van der Waals surface area contributed by atoms with E-state index in [0.717, 1.165) is 50.7 Å². The first-order valence-corrected chi connectivity index (χ1v) is 10.2. The number of aryl methyl sites for hydroxylation is 1. The topological polar surface area (TPSA) is 84.6 Å². The van der Waals surface area contributed by atoms with Crippen LogP contribution < -0.4 is 5.32 Å². The van der Waals surface area contributed by atoms with Gasteiger partial charge in [-0.05, 0) is 25.7 Å². The van der Waals surface area contributed by atoms with Crippen molar-refractivity contribution in [2.45, 2.75) is 64.5 Å². The maximum atomic E-state index is 11.8. The summed E-state index contributed by atoms with van der Waals surface area (Å²) in [6.45, 7) is 5.24. The van der Waals surface area contributed by atoms with E-state index in [1.54, 1.807) is 6.33 Å². The molecule has 1 saturated heterocycles. The number of guanidine groups is 1. The van der Waals surface area contributed by atoms with Crippen molar-refractivity contribution in [1.82, 2.24) is 25.0 Å². The maximum Gasteiger partial charge on any atom is 0.308 e. The van der Waals surface area contributed by atoms with E-state index in [1.807, 2.05) is 0 Å². The molecule has 1 N–H and O–H groups in total. The number of carbonyl (C=O) groups excluding carboxylic acids is 1. The van der Waals surface area contributed by atoms with Crippen LogP contribution in [0.3, 0.4) is 0 Å². The predicted octanol–water partition coefficient (Wildman–Crippen LogP) is 1.61. The van der Waals surface area contributed by atoms with Gasteiger partial charge >= 0.3 is 5.97 Å². The minimum atomic E-state index is -0.0865. The molecule has 0 aromatic carbocycles. The number of aromatic nitrogens is 3. The Morgan fingerprint density at radius 3 is 2.70 bits per heavy atom. The number of nitrogens with zero attached hydrogens (tertiary/aromatic N) is 5. The molecule has 0 radical (unpaired) electrons. The Morgan fingerprint density at radius 2 is 2.04 bits per heavy atom. The summed E-state index contributed by atoms with van der Waals surface area (Å²) in [5, 5.41) is 11.8. The maximum absolute atomic E-state index is 11.8. The Kier molecular flexibility index (Phi) is 7.06. The number of carbonyl (C=O) groups is 1. The number of rotatable bonds is 6. The summed E-state index contributed by atoms with van der Waals surface area (Å²) < 4.78 is 6.97. The van der Waals surface area contributed by atoms with Crippen LogP contribution in [0.1, 0.15) is 51.3 Å². The monoisotopic (exact) mass is 376 g/mol. The normalized spacial score (nSPS) is 19.5. The molecule has 1 aromatic rings. The molecule has 0 amide bonds. The van der Waals surface area contributed by atoms with Gasteiger partial charge in [-0.25, -0.2) is 0 Å². The lowest BCUT2D eigenvalue weighted by Gasteiger charge is -2.34. The van der Waals surface area contributed by atoms with Crippen LogP contribution in [0, 0.1) is 5.92 Å². The smallest absolute Gasteiger partial charge is 0.308 e. The summed E-state index contributed by atoms with van der Waals surface area (Å²) in [7, 11) is 1.47. The molecule has 8 heteroatoms. The van der Waals surface area contributed by atoms with Gasteiger partial charge in [-0.2, -0.15) is 0 Å². The SMILES string of the molecule is CCc1nncn1CCN=C(NC1CCCC1)N1CCC(C(=O)OC)CC1. The summed E-state index contributed by atoms with van der Waals surface area (Å²) in [4.78, 5) is 19.0. The molecule has 0 atom stereocenters. The van der Waals surface area contributed by atoms with Crippen LogP contribution in [-0.2, 0) is 22.5 Å². The highest BCUT2D eigenvalue weighted by atomic mass is 16.5. The molecule has 2 aliphatic rings. The van der Waals surface area contributed by atoms with Crippen LogP contribution in [0.15, 0.2) is 11.3 Å². The molecule has 8 nitrogen and oxygen atoms in total. The molecule has 150 valence electrons. The number of aliphatic imine (C=N–C) groups is 1. The van der Waals surface area contributed by atoms with Crippen molar-refractivity contribution in [3.8, 4) is 0 Å². The molecule has 0 unspecified atom stereocenters. The molecule has 1 saturated carbocycles. The van der Waals surface area contributed by atoms with E-state index in [1.165, 1.54) is 32.8 Å². The van der Waals surface area contributed by atoms with Crippen LogP contribution in [0.25, 0.3) is 0 Å². The molecule has 2 heterocycles. The van der Waals surface area contributed by atoms with Gasteiger partial charge in [0.2, 0.25) is 0 Å². The molecule has 27 heavy (non-hydrogen) atoms. The van der Waals surface area contributed by atoms with Crippen LogP contribution in [0.5, 0.6) is 0 Å². The number of methoxy groups -OCH3 is 1. The van der Waals surface area contributed by atoms with E-state index in [4.69, 9.17) is 9.73 Å². The predicted molar refractivity (Wildman–Crippen MR) is 103 cm³/mol. The number of hydrogen-bond acceptors (Lipinski definition) is 5. The minimum absolute atomic E-state index is 0.0168. The van der Waals surface area contributed by atoms with E-state index < -0.39 is 0 Å². The summed E-state index contributed by atoms with van der Waals surface area (Å²) >= 11 is 0. The minimum Gasteiger partial charge on any atom is -0.469 e. The van der Waals surface area contributed by atoms with Gasteiger partial charge in [0.25, 0.3) is 0 Å². The molecule has 1 aliphatic heterocycles. The Hall–Kier alpha value is -2.12. The number of ether oxygens (including phenoxy) is 1. The van der Waals surface area contributed by atoms with Gasteiger partial charge in [-0.1, -0.05) is 19.8 Å². The highest BCUT2D eigenvalue weighted by molar-refractivity contribution is 5.81. The zero-order valence-corrected chi connectivity index (χ0v) is 16.6. The fourth-order valence-corrected chi connectivity index (χ4v) is 3.99. The summed E-state index contributed by atoms with van der Waals surface area (Å²) in [5.74, 6) is 1.91. The highest BCUT2D eigenvalue weighted by Gasteiger charge is 2.28. The zero-order valence-electron chi connectivity index (χ0n) is 16.6. The fraction of sp³-hybridized carbons (Fsp3) is 0.789. The standard InChI is InChI=1S/C19H32N6O2/c1-3-17-23-21-14-25(17)13-10-20-19(22-16-6-4-5-7-16)24-11-8-15(9-12-24)18(26)27-2/h14-16H,3-13H2,1-2H3,(H,20,22). The molecular weight excluding hydrogens is 344 g/mol. The Bertz CT molecular complexity index is 630. The number of piperidine rings is 1. The number of nitrogens with one attached hydrogen (secondary N) is 1. The molecule has 0 spiro atoms. The van der Waals surface area contributed by atoms with Gasteiger partial charge in [0.15, 0.2) is 5.96 Å². The molecule has 3 rings (SSSR count). The lowest BCUT2D eigenvalue weighted by Crippen LogP contribution is -2.49. The van der Waals surface area contributed by atoms with Gasteiger partial charge in [-0.3, -0.25) is 9.79 Å². The van der Waals surface area contributed by atoms with Crippen molar-refractivity contribution >= 4 is 11.9 Å². The third-order valence-electron chi connectivity index (χ3n) is 5.63. The van der Waals surface area contributed by atoms with Gasteiger partial charge in [-0.15, -0.1) is 10.2 Å². The second-order valence-corrected chi connectivity index (χ2v) is 7.41. The Labute approximate surface area is 161 Å². The fourth-order valence-electron chi connectivity index (χ4n) is 3.99. The van der Waals surface area contributed by atoms with Crippen LogP contribution in [0.4, 0.5) is 0 Å². The van der Waals surface area contributed by atoms with Crippen molar-refractivity contribution in [2.24, 2.45) is 10.9 Å². The average Bonchev–Trinajstić information content (AvgIpc) is 3.38. The second-order valence-electron chi connectivity index (χ2n) is 7.41. The molecule has 1 aliphatic carbocycles. The number of hydrogen-bond donors (Lipinski definition) is 1. The molecule has 1 aromatic heterocycles. The van der Waals surface area contributed by atoms with Crippen molar-refractivity contribution in [3.05, 3.63) is 12.2 Å². The van der Waals surface area contributed by atoms with Crippen molar-refractivity contribution < 1.29 is 9.53 Å². The van der Waals surface area contributed by atoms with Gasteiger partial charge in [0, 0.05) is 32.1 Å². The van der Waals surface area contributed by atoms with Crippen LogP contribution in [0.2, 0.25) is 0 Å². The largest absolute Gasteiger partial charge is 0.469 e. The van der Waals surface area contributed by atoms with Gasteiger partial charge < -0.3 is 19.5 Å². The average molecular weight is 377 g/mol. The molecule has 2 fully saturated rings. The zero-order chi connectivity index (χ0) is 19.1. The van der Waals surface area contributed by atoms with E-state index in [-0.39, 0.29) is 11.9 Å². The lowest BCUT2D eigenvalue weighted by molar-refractivity contribution is -0.146.